The van der Waals surface area contributed by atoms with Crippen LogP contribution >= 0.6 is 11.6 Å². The zero-order valence-corrected chi connectivity index (χ0v) is 11.0. The van der Waals surface area contributed by atoms with Gasteiger partial charge in [-0.2, -0.15) is 0 Å². The molecule has 0 radical (unpaired) electrons. The monoisotopic (exact) mass is 263 g/mol. The molecule has 0 amide bonds. The van der Waals surface area contributed by atoms with E-state index in [9.17, 15) is 4.39 Å². The van der Waals surface area contributed by atoms with Crippen LogP contribution < -0.4 is 5.32 Å². The van der Waals surface area contributed by atoms with Crippen molar-refractivity contribution < 1.29 is 4.39 Å². The average molecular weight is 264 g/mol. The van der Waals surface area contributed by atoms with Crippen LogP contribution in [0.15, 0.2) is 42.5 Å². The molecule has 0 aliphatic heterocycles. The minimum atomic E-state index is -0.326. The normalized spacial score (nSPS) is 10.4. The Morgan fingerprint density at radius 2 is 1.72 bits per heavy atom. The van der Waals surface area contributed by atoms with E-state index in [0.717, 1.165) is 12.0 Å². The quantitative estimate of drug-likeness (QED) is 0.846. The second kappa shape index (κ2) is 5.87. The van der Waals surface area contributed by atoms with Gasteiger partial charge in [-0.3, -0.25) is 0 Å². The van der Waals surface area contributed by atoms with E-state index in [2.05, 4.69) is 36.5 Å². The third-order valence-corrected chi connectivity index (χ3v) is 3.08. The summed E-state index contributed by atoms with van der Waals surface area (Å²) < 4.78 is 13.5. The first-order valence-electron chi connectivity index (χ1n) is 5.96. The number of anilines is 1. The van der Waals surface area contributed by atoms with Crippen LogP contribution in [-0.2, 0) is 13.0 Å². The van der Waals surface area contributed by atoms with E-state index in [0.29, 0.717) is 17.3 Å². The molecule has 2 aromatic rings. The topological polar surface area (TPSA) is 12.0 Å². The zero-order valence-electron chi connectivity index (χ0n) is 10.2. The Morgan fingerprint density at radius 1 is 1.06 bits per heavy atom. The van der Waals surface area contributed by atoms with Gasteiger partial charge in [0.1, 0.15) is 5.82 Å². The van der Waals surface area contributed by atoms with Gasteiger partial charge >= 0.3 is 0 Å². The van der Waals surface area contributed by atoms with Crippen molar-refractivity contribution in [3.63, 3.8) is 0 Å². The largest absolute Gasteiger partial charge is 0.379 e. The van der Waals surface area contributed by atoms with E-state index >= 15 is 0 Å². The summed E-state index contributed by atoms with van der Waals surface area (Å²) in [5, 5.41) is 3.47. The highest BCUT2D eigenvalue weighted by molar-refractivity contribution is 6.30. The summed E-state index contributed by atoms with van der Waals surface area (Å²) >= 11 is 5.70. The molecule has 1 N–H and O–H groups in total. The smallest absolute Gasteiger partial charge is 0.147 e. The molecule has 2 aromatic carbocycles. The van der Waals surface area contributed by atoms with E-state index in [4.69, 9.17) is 11.6 Å². The van der Waals surface area contributed by atoms with Gasteiger partial charge < -0.3 is 5.32 Å². The maximum atomic E-state index is 13.5. The molecule has 0 spiro atoms. The lowest BCUT2D eigenvalue weighted by atomic mass is 10.1. The Hall–Kier alpha value is -1.54. The minimum Gasteiger partial charge on any atom is -0.379 e. The van der Waals surface area contributed by atoms with Crippen LogP contribution in [0.2, 0.25) is 5.02 Å². The predicted molar refractivity (Wildman–Crippen MR) is 74.6 cm³/mol. The first kappa shape index (κ1) is 12.9. The molecule has 18 heavy (non-hydrogen) atoms. The molecule has 94 valence electrons. The standard InChI is InChI=1S/C15H15ClFN/c1-2-11-3-5-12(6-4-11)10-18-15-8-7-13(16)9-14(15)17/h3-9,18H,2,10H2,1H3. The summed E-state index contributed by atoms with van der Waals surface area (Å²) in [6, 6.07) is 12.9. The Labute approximate surface area is 112 Å². The molecular weight excluding hydrogens is 249 g/mol. The third kappa shape index (κ3) is 3.23. The summed E-state index contributed by atoms with van der Waals surface area (Å²) in [4.78, 5) is 0. The van der Waals surface area contributed by atoms with Gasteiger partial charge in [-0.15, -0.1) is 0 Å². The highest BCUT2D eigenvalue weighted by Gasteiger charge is 2.02. The molecular formula is C15H15ClFN. The van der Waals surface area contributed by atoms with Crippen molar-refractivity contribution in [1.29, 1.82) is 0 Å². The first-order chi connectivity index (χ1) is 8.69. The van der Waals surface area contributed by atoms with Gasteiger partial charge in [-0.25, -0.2) is 4.39 Å². The maximum Gasteiger partial charge on any atom is 0.147 e. The van der Waals surface area contributed by atoms with Crippen molar-refractivity contribution in [2.24, 2.45) is 0 Å². The van der Waals surface area contributed by atoms with Crippen molar-refractivity contribution in [2.45, 2.75) is 19.9 Å². The van der Waals surface area contributed by atoms with E-state index < -0.39 is 0 Å². The Kier molecular flexibility index (Phi) is 4.21. The fourth-order valence-electron chi connectivity index (χ4n) is 1.72. The lowest BCUT2D eigenvalue weighted by Gasteiger charge is -2.08. The molecule has 0 fully saturated rings. The van der Waals surface area contributed by atoms with Crippen LogP contribution in [0.4, 0.5) is 10.1 Å². The SMILES string of the molecule is CCc1ccc(CNc2ccc(Cl)cc2F)cc1. The second-order valence-electron chi connectivity index (χ2n) is 4.15. The van der Waals surface area contributed by atoms with Crippen LogP contribution in [0.25, 0.3) is 0 Å². The van der Waals surface area contributed by atoms with Gasteiger partial charge in [-0.1, -0.05) is 42.8 Å². The molecule has 0 saturated carbocycles. The molecule has 0 heterocycles. The summed E-state index contributed by atoms with van der Waals surface area (Å²) in [6.07, 6.45) is 1.03. The van der Waals surface area contributed by atoms with Crippen molar-refractivity contribution in [2.75, 3.05) is 5.32 Å². The van der Waals surface area contributed by atoms with Crippen LogP contribution in [0.5, 0.6) is 0 Å². The number of aryl methyl sites for hydroxylation is 1. The Bertz CT molecular complexity index is 523. The molecule has 0 aliphatic carbocycles. The first-order valence-corrected chi connectivity index (χ1v) is 6.33. The number of hydrogen-bond acceptors (Lipinski definition) is 1. The number of halogens is 2. The lowest BCUT2D eigenvalue weighted by Crippen LogP contribution is -2.01. The van der Waals surface area contributed by atoms with Crippen molar-refractivity contribution in [3.05, 3.63) is 64.4 Å². The maximum absolute atomic E-state index is 13.5. The zero-order chi connectivity index (χ0) is 13.0. The molecule has 1 nitrogen and oxygen atoms in total. The average Bonchev–Trinajstić information content (AvgIpc) is 2.38. The second-order valence-corrected chi connectivity index (χ2v) is 4.58. The van der Waals surface area contributed by atoms with Crippen LogP contribution in [0.3, 0.4) is 0 Å². The number of benzene rings is 2. The summed E-state index contributed by atoms with van der Waals surface area (Å²) in [6.45, 7) is 2.72. The fourth-order valence-corrected chi connectivity index (χ4v) is 1.88. The molecule has 0 aliphatic rings. The number of nitrogens with one attached hydrogen (secondary N) is 1. The van der Waals surface area contributed by atoms with Crippen LogP contribution in [0, 0.1) is 5.82 Å². The highest BCUT2D eigenvalue weighted by Crippen LogP contribution is 2.19. The van der Waals surface area contributed by atoms with E-state index in [1.165, 1.54) is 11.6 Å². The van der Waals surface area contributed by atoms with Crippen molar-refractivity contribution in [3.8, 4) is 0 Å². The summed E-state index contributed by atoms with van der Waals surface area (Å²) in [7, 11) is 0. The van der Waals surface area contributed by atoms with Crippen molar-refractivity contribution in [1.82, 2.24) is 0 Å². The highest BCUT2D eigenvalue weighted by atomic mass is 35.5. The number of hydrogen-bond donors (Lipinski definition) is 1. The van der Waals surface area contributed by atoms with Crippen LogP contribution in [0.1, 0.15) is 18.1 Å². The lowest BCUT2D eigenvalue weighted by molar-refractivity contribution is 0.630. The van der Waals surface area contributed by atoms with Gasteiger partial charge in [0.15, 0.2) is 0 Å². The van der Waals surface area contributed by atoms with Gasteiger partial charge in [0.05, 0.1) is 5.69 Å². The van der Waals surface area contributed by atoms with Crippen molar-refractivity contribution >= 4 is 17.3 Å². The molecule has 0 aromatic heterocycles. The number of rotatable bonds is 4. The summed E-state index contributed by atoms with van der Waals surface area (Å²) in [5.41, 5.74) is 2.90. The minimum absolute atomic E-state index is 0.326. The van der Waals surface area contributed by atoms with Gasteiger partial charge in [-0.05, 0) is 35.7 Å². The van der Waals surface area contributed by atoms with E-state index in [1.54, 1.807) is 12.1 Å². The molecule has 0 unspecified atom stereocenters. The Morgan fingerprint density at radius 3 is 2.33 bits per heavy atom. The van der Waals surface area contributed by atoms with E-state index in [1.807, 2.05) is 0 Å². The predicted octanol–water partition coefficient (Wildman–Crippen LogP) is 4.65. The molecule has 3 heteroatoms. The third-order valence-electron chi connectivity index (χ3n) is 2.85. The molecule has 0 saturated heterocycles. The fraction of sp³-hybridized carbons (Fsp3) is 0.200. The summed E-state index contributed by atoms with van der Waals surface area (Å²) in [5.74, 6) is -0.326. The van der Waals surface area contributed by atoms with Gasteiger partial charge in [0, 0.05) is 11.6 Å². The molecule has 0 atom stereocenters. The molecule has 0 bridgehead atoms. The van der Waals surface area contributed by atoms with Crippen LogP contribution in [-0.4, -0.2) is 0 Å². The van der Waals surface area contributed by atoms with Gasteiger partial charge in [0.25, 0.3) is 0 Å². The Balaban J connectivity index is 2.02. The van der Waals surface area contributed by atoms with Gasteiger partial charge in [0.2, 0.25) is 0 Å². The molecule has 2 rings (SSSR count). The van der Waals surface area contributed by atoms with E-state index in [-0.39, 0.29) is 5.82 Å².